The van der Waals surface area contributed by atoms with E-state index in [0.717, 1.165) is 16.6 Å². The van der Waals surface area contributed by atoms with Crippen LogP contribution in [0.15, 0.2) is 30.3 Å². The third-order valence-electron chi connectivity index (χ3n) is 2.76. The summed E-state index contributed by atoms with van der Waals surface area (Å²) in [5, 5.41) is 4.06. The molecule has 100 valence electrons. The highest BCUT2D eigenvalue weighted by Gasteiger charge is 2.14. The summed E-state index contributed by atoms with van der Waals surface area (Å²) in [6.07, 6.45) is 0.321. The Morgan fingerprint density at radius 2 is 1.95 bits per heavy atom. The second-order valence-electron chi connectivity index (χ2n) is 5.97. The quantitative estimate of drug-likeness (QED) is 0.897. The lowest BCUT2D eigenvalue weighted by Crippen LogP contribution is -2.41. The number of aryl methyl sites for hydroxylation is 1. The maximum atomic E-state index is 11.9. The molecule has 19 heavy (non-hydrogen) atoms. The summed E-state index contributed by atoms with van der Waals surface area (Å²) in [6, 6.07) is 10.1. The van der Waals surface area contributed by atoms with E-state index in [-0.39, 0.29) is 11.4 Å². The summed E-state index contributed by atoms with van der Waals surface area (Å²) < 4.78 is 0. The van der Waals surface area contributed by atoms with Gasteiger partial charge >= 0.3 is 0 Å². The van der Waals surface area contributed by atoms with Crippen molar-refractivity contribution in [1.29, 1.82) is 0 Å². The number of rotatable bonds is 2. The molecule has 1 aromatic carbocycles. The zero-order chi connectivity index (χ0) is 14.0. The molecule has 1 aromatic heterocycles. The highest BCUT2D eigenvalue weighted by atomic mass is 16.1. The highest BCUT2D eigenvalue weighted by Crippen LogP contribution is 2.14. The van der Waals surface area contributed by atoms with Gasteiger partial charge in [0, 0.05) is 10.9 Å². The van der Waals surface area contributed by atoms with E-state index < -0.39 is 0 Å². The molecule has 0 aliphatic heterocycles. The Hall–Kier alpha value is -1.90. The van der Waals surface area contributed by atoms with Crippen molar-refractivity contribution < 1.29 is 4.79 Å². The molecular formula is C16H20N2O. The summed E-state index contributed by atoms with van der Waals surface area (Å²) in [7, 11) is 0. The average Bonchev–Trinajstić information content (AvgIpc) is 2.26. The number of carbonyl (C=O) groups is 1. The van der Waals surface area contributed by atoms with Gasteiger partial charge in [-0.05, 0) is 45.9 Å². The Kier molecular flexibility index (Phi) is 3.56. The van der Waals surface area contributed by atoms with Crippen LogP contribution in [0.25, 0.3) is 10.9 Å². The summed E-state index contributed by atoms with van der Waals surface area (Å²) >= 11 is 0. The minimum Gasteiger partial charge on any atom is -0.351 e. The molecule has 1 heterocycles. The molecule has 1 N–H and O–H groups in total. The van der Waals surface area contributed by atoms with Crippen molar-refractivity contribution in [2.75, 3.05) is 0 Å². The van der Waals surface area contributed by atoms with Gasteiger partial charge in [0.05, 0.1) is 17.6 Å². The predicted molar refractivity (Wildman–Crippen MR) is 78.1 cm³/mol. The maximum absolute atomic E-state index is 11.9. The van der Waals surface area contributed by atoms with Crippen LogP contribution in [0.1, 0.15) is 32.0 Å². The van der Waals surface area contributed by atoms with Crippen LogP contribution in [-0.2, 0) is 11.2 Å². The van der Waals surface area contributed by atoms with Crippen molar-refractivity contribution in [1.82, 2.24) is 10.3 Å². The van der Waals surface area contributed by atoms with Crippen molar-refractivity contribution in [3.05, 3.63) is 41.6 Å². The molecule has 3 nitrogen and oxygen atoms in total. The number of aromatic nitrogens is 1. The third-order valence-corrected chi connectivity index (χ3v) is 2.76. The SMILES string of the molecule is Cc1ccc2nc(CC(=O)NC(C)(C)C)ccc2c1. The van der Waals surface area contributed by atoms with Crippen LogP contribution in [0.3, 0.4) is 0 Å². The van der Waals surface area contributed by atoms with Crippen molar-refractivity contribution in [3.8, 4) is 0 Å². The smallest absolute Gasteiger partial charge is 0.226 e. The van der Waals surface area contributed by atoms with Gasteiger partial charge in [-0.2, -0.15) is 0 Å². The average molecular weight is 256 g/mol. The first-order valence-electron chi connectivity index (χ1n) is 6.51. The fraction of sp³-hybridized carbons (Fsp3) is 0.375. The van der Waals surface area contributed by atoms with E-state index >= 15 is 0 Å². The third kappa shape index (κ3) is 3.78. The zero-order valence-electron chi connectivity index (χ0n) is 11.9. The summed E-state index contributed by atoms with van der Waals surface area (Å²) in [5.41, 5.74) is 2.75. The first-order valence-corrected chi connectivity index (χ1v) is 6.51. The number of hydrogen-bond acceptors (Lipinski definition) is 2. The van der Waals surface area contributed by atoms with Crippen LogP contribution in [0.2, 0.25) is 0 Å². The Bertz CT molecular complexity index is 612. The largest absolute Gasteiger partial charge is 0.351 e. The highest BCUT2D eigenvalue weighted by molar-refractivity contribution is 5.82. The molecular weight excluding hydrogens is 236 g/mol. The van der Waals surface area contributed by atoms with Crippen molar-refractivity contribution in [3.63, 3.8) is 0 Å². The molecule has 3 heteroatoms. The Morgan fingerprint density at radius 1 is 1.21 bits per heavy atom. The van der Waals surface area contributed by atoms with Gasteiger partial charge in [-0.25, -0.2) is 0 Å². The number of fused-ring (bicyclic) bond motifs is 1. The van der Waals surface area contributed by atoms with Gasteiger partial charge in [0.25, 0.3) is 0 Å². The molecule has 0 saturated carbocycles. The number of nitrogens with one attached hydrogen (secondary N) is 1. The number of hydrogen-bond donors (Lipinski definition) is 1. The standard InChI is InChI=1S/C16H20N2O/c1-11-5-8-14-12(9-11)6-7-13(17-14)10-15(19)18-16(2,3)4/h5-9H,10H2,1-4H3,(H,18,19). The van der Waals surface area contributed by atoms with E-state index in [1.54, 1.807) is 0 Å². The van der Waals surface area contributed by atoms with Crippen LogP contribution in [0.4, 0.5) is 0 Å². The minimum atomic E-state index is -0.203. The fourth-order valence-corrected chi connectivity index (χ4v) is 2.01. The molecule has 0 aliphatic carbocycles. The van der Waals surface area contributed by atoms with E-state index in [9.17, 15) is 4.79 Å². The molecule has 0 unspecified atom stereocenters. The van der Waals surface area contributed by atoms with Gasteiger partial charge < -0.3 is 5.32 Å². The lowest BCUT2D eigenvalue weighted by molar-refractivity contribution is -0.121. The molecule has 0 saturated heterocycles. The van der Waals surface area contributed by atoms with Gasteiger partial charge in [-0.1, -0.05) is 17.7 Å². The van der Waals surface area contributed by atoms with Crippen molar-refractivity contribution in [2.24, 2.45) is 0 Å². The van der Waals surface area contributed by atoms with Crippen LogP contribution >= 0.6 is 0 Å². The number of amides is 1. The van der Waals surface area contributed by atoms with Gasteiger partial charge in [0.2, 0.25) is 5.91 Å². The monoisotopic (exact) mass is 256 g/mol. The van der Waals surface area contributed by atoms with E-state index in [0.29, 0.717) is 6.42 Å². The molecule has 0 atom stereocenters. The van der Waals surface area contributed by atoms with Gasteiger partial charge in [0.1, 0.15) is 0 Å². The lowest BCUT2D eigenvalue weighted by atomic mass is 10.1. The van der Waals surface area contributed by atoms with E-state index in [4.69, 9.17) is 0 Å². The lowest BCUT2D eigenvalue weighted by Gasteiger charge is -2.20. The number of pyridine rings is 1. The molecule has 2 rings (SSSR count). The van der Waals surface area contributed by atoms with E-state index in [2.05, 4.69) is 23.3 Å². The second-order valence-corrected chi connectivity index (χ2v) is 5.97. The first kappa shape index (κ1) is 13.5. The molecule has 0 aliphatic rings. The normalized spacial score (nSPS) is 11.6. The Morgan fingerprint density at radius 3 is 2.63 bits per heavy atom. The number of carbonyl (C=O) groups excluding carboxylic acids is 1. The van der Waals surface area contributed by atoms with E-state index in [1.807, 2.05) is 45.0 Å². The Labute approximate surface area is 114 Å². The maximum Gasteiger partial charge on any atom is 0.226 e. The van der Waals surface area contributed by atoms with Crippen molar-refractivity contribution in [2.45, 2.75) is 39.7 Å². The second kappa shape index (κ2) is 5.00. The number of benzene rings is 1. The molecule has 0 bridgehead atoms. The predicted octanol–water partition coefficient (Wildman–Crippen LogP) is 3.00. The summed E-state index contributed by atoms with van der Waals surface area (Å²) in [4.78, 5) is 16.4. The molecule has 0 radical (unpaired) electrons. The fourth-order valence-electron chi connectivity index (χ4n) is 2.01. The Balaban J connectivity index is 2.18. The van der Waals surface area contributed by atoms with Crippen LogP contribution < -0.4 is 5.32 Å². The molecule has 1 amide bonds. The van der Waals surface area contributed by atoms with Crippen LogP contribution in [0, 0.1) is 6.92 Å². The zero-order valence-corrected chi connectivity index (χ0v) is 11.9. The van der Waals surface area contributed by atoms with Crippen LogP contribution in [0.5, 0.6) is 0 Å². The molecule has 0 fully saturated rings. The van der Waals surface area contributed by atoms with Crippen molar-refractivity contribution >= 4 is 16.8 Å². The molecule has 2 aromatic rings. The van der Waals surface area contributed by atoms with Gasteiger partial charge in [0.15, 0.2) is 0 Å². The first-order chi connectivity index (χ1) is 8.83. The van der Waals surface area contributed by atoms with E-state index in [1.165, 1.54) is 5.56 Å². The molecule has 0 spiro atoms. The number of nitrogens with zero attached hydrogens (tertiary/aromatic N) is 1. The van der Waals surface area contributed by atoms with Gasteiger partial charge in [-0.3, -0.25) is 9.78 Å². The minimum absolute atomic E-state index is 0.00598. The summed E-state index contributed by atoms with van der Waals surface area (Å²) in [6.45, 7) is 7.98. The summed E-state index contributed by atoms with van der Waals surface area (Å²) in [5.74, 6) is 0.00598. The van der Waals surface area contributed by atoms with Crippen LogP contribution in [-0.4, -0.2) is 16.4 Å². The van der Waals surface area contributed by atoms with Gasteiger partial charge in [-0.15, -0.1) is 0 Å². The topological polar surface area (TPSA) is 42.0 Å².